The zero-order valence-electron chi connectivity index (χ0n) is 9.76. The topological polar surface area (TPSA) is 26.0 Å². The van der Waals surface area contributed by atoms with E-state index in [1.54, 1.807) is 0 Å². The number of benzene rings is 1. The normalized spacial score (nSPS) is 15.0. The molecule has 1 nitrogen and oxygen atoms in total. The highest BCUT2D eigenvalue weighted by atomic mass is 35.5. The lowest BCUT2D eigenvalue weighted by molar-refractivity contribution is 0.394. The molecule has 0 aliphatic carbocycles. The minimum absolute atomic E-state index is 0.570. The lowest BCUT2D eigenvalue weighted by atomic mass is 9.89. The van der Waals surface area contributed by atoms with Crippen molar-refractivity contribution in [3.63, 3.8) is 0 Å². The molecule has 1 aromatic rings. The SMILES string of the molecule is Cc1cc(CC(C)C(C)CN)ccc1Cl. The molecule has 2 atom stereocenters. The summed E-state index contributed by atoms with van der Waals surface area (Å²) in [6.45, 7) is 7.26. The van der Waals surface area contributed by atoms with E-state index in [2.05, 4.69) is 26.0 Å². The lowest BCUT2D eigenvalue weighted by Crippen LogP contribution is -2.20. The van der Waals surface area contributed by atoms with Crippen molar-refractivity contribution in [2.75, 3.05) is 6.54 Å². The Hall–Kier alpha value is -0.530. The molecule has 0 fully saturated rings. The van der Waals surface area contributed by atoms with E-state index in [0.717, 1.165) is 23.6 Å². The van der Waals surface area contributed by atoms with Crippen LogP contribution < -0.4 is 5.73 Å². The average molecular weight is 226 g/mol. The number of halogens is 1. The number of hydrogen-bond acceptors (Lipinski definition) is 1. The van der Waals surface area contributed by atoms with E-state index in [1.165, 1.54) is 5.56 Å². The summed E-state index contributed by atoms with van der Waals surface area (Å²) in [6, 6.07) is 6.25. The van der Waals surface area contributed by atoms with Crippen LogP contribution in [0.15, 0.2) is 18.2 Å². The second-order valence-corrected chi connectivity index (χ2v) is 4.89. The van der Waals surface area contributed by atoms with Crippen LogP contribution in [-0.2, 0) is 6.42 Å². The van der Waals surface area contributed by atoms with E-state index in [1.807, 2.05) is 13.0 Å². The van der Waals surface area contributed by atoms with Crippen LogP contribution in [0.3, 0.4) is 0 Å². The Morgan fingerprint density at radius 3 is 2.47 bits per heavy atom. The Labute approximate surface area is 97.6 Å². The maximum absolute atomic E-state index is 5.99. The Balaban J connectivity index is 2.68. The number of aryl methyl sites for hydroxylation is 1. The fourth-order valence-electron chi connectivity index (χ4n) is 1.64. The molecule has 0 aliphatic heterocycles. The summed E-state index contributed by atoms with van der Waals surface area (Å²) in [6.07, 6.45) is 1.08. The van der Waals surface area contributed by atoms with Crippen LogP contribution in [-0.4, -0.2) is 6.54 Å². The minimum atomic E-state index is 0.570. The summed E-state index contributed by atoms with van der Waals surface area (Å²) in [5.41, 5.74) is 8.17. The second-order valence-electron chi connectivity index (χ2n) is 4.48. The van der Waals surface area contributed by atoms with Gasteiger partial charge in [0.05, 0.1) is 0 Å². The fourth-order valence-corrected chi connectivity index (χ4v) is 1.76. The van der Waals surface area contributed by atoms with Gasteiger partial charge in [-0.05, 0) is 48.9 Å². The Bertz CT molecular complexity index is 322. The molecule has 0 bridgehead atoms. The van der Waals surface area contributed by atoms with Gasteiger partial charge in [0.25, 0.3) is 0 Å². The van der Waals surface area contributed by atoms with Gasteiger partial charge in [0, 0.05) is 5.02 Å². The first-order chi connectivity index (χ1) is 7.04. The summed E-state index contributed by atoms with van der Waals surface area (Å²) in [7, 11) is 0. The molecule has 84 valence electrons. The predicted octanol–water partition coefficient (Wildman–Crippen LogP) is 3.42. The van der Waals surface area contributed by atoms with Crippen LogP contribution in [0.2, 0.25) is 5.02 Å². The molecule has 0 aromatic heterocycles. The van der Waals surface area contributed by atoms with Crippen LogP contribution in [0.1, 0.15) is 25.0 Å². The van der Waals surface area contributed by atoms with Gasteiger partial charge in [-0.3, -0.25) is 0 Å². The van der Waals surface area contributed by atoms with E-state index in [9.17, 15) is 0 Å². The molecule has 0 amide bonds. The molecule has 2 heteroatoms. The van der Waals surface area contributed by atoms with Crippen molar-refractivity contribution in [1.29, 1.82) is 0 Å². The molecule has 0 heterocycles. The second kappa shape index (κ2) is 5.53. The van der Waals surface area contributed by atoms with Gasteiger partial charge in [-0.2, -0.15) is 0 Å². The van der Waals surface area contributed by atoms with Crippen LogP contribution >= 0.6 is 11.6 Å². The first-order valence-corrected chi connectivity index (χ1v) is 5.87. The van der Waals surface area contributed by atoms with Crippen molar-refractivity contribution in [2.45, 2.75) is 27.2 Å². The highest BCUT2D eigenvalue weighted by Crippen LogP contribution is 2.21. The van der Waals surface area contributed by atoms with E-state index in [-0.39, 0.29) is 0 Å². The fraction of sp³-hybridized carbons (Fsp3) is 0.538. The molecule has 2 N–H and O–H groups in total. The Morgan fingerprint density at radius 2 is 1.93 bits per heavy atom. The quantitative estimate of drug-likeness (QED) is 0.835. The Morgan fingerprint density at radius 1 is 1.27 bits per heavy atom. The molecule has 1 aromatic carbocycles. The van der Waals surface area contributed by atoms with Gasteiger partial charge in [0.1, 0.15) is 0 Å². The summed E-state index contributed by atoms with van der Waals surface area (Å²) < 4.78 is 0. The maximum atomic E-state index is 5.99. The highest BCUT2D eigenvalue weighted by Gasteiger charge is 2.11. The van der Waals surface area contributed by atoms with Gasteiger partial charge >= 0.3 is 0 Å². The van der Waals surface area contributed by atoms with E-state index in [0.29, 0.717) is 11.8 Å². The van der Waals surface area contributed by atoms with Gasteiger partial charge in [-0.15, -0.1) is 0 Å². The predicted molar refractivity (Wildman–Crippen MR) is 67.3 cm³/mol. The summed E-state index contributed by atoms with van der Waals surface area (Å²) >= 11 is 5.99. The van der Waals surface area contributed by atoms with Gasteiger partial charge in [0.15, 0.2) is 0 Å². The van der Waals surface area contributed by atoms with Gasteiger partial charge < -0.3 is 5.73 Å². The van der Waals surface area contributed by atoms with Crippen molar-refractivity contribution in [1.82, 2.24) is 0 Å². The van der Waals surface area contributed by atoms with E-state index < -0.39 is 0 Å². The Kier molecular flexibility index (Phi) is 4.62. The summed E-state index contributed by atoms with van der Waals surface area (Å²) in [4.78, 5) is 0. The molecule has 0 saturated heterocycles. The number of hydrogen-bond donors (Lipinski definition) is 1. The summed E-state index contributed by atoms with van der Waals surface area (Å²) in [5, 5.41) is 0.846. The molecule has 0 radical (unpaired) electrons. The summed E-state index contributed by atoms with van der Waals surface area (Å²) in [5.74, 6) is 1.19. The van der Waals surface area contributed by atoms with Crippen LogP contribution in [0.25, 0.3) is 0 Å². The highest BCUT2D eigenvalue weighted by molar-refractivity contribution is 6.31. The van der Waals surface area contributed by atoms with Crippen molar-refractivity contribution >= 4 is 11.6 Å². The smallest absolute Gasteiger partial charge is 0.0435 e. The van der Waals surface area contributed by atoms with E-state index >= 15 is 0 Å². The third-order valence-corrected chi connectivity index (χ3v) is 3.55. The van der Waals surface area contributed by atoms with Crippen molar-refractivity contribution in [3.8, 4) is 0 Å². The van der Waals surface area contributed by atoms with Gasteiger partial charge in [-0.25, -0.2) is 0 Å². The third-order valence-electron chi connectivity index (χ3n) is 3.12. The maximum Gasteiger partial charge on any atom is 0.0435 e. The lowest BCUT2D eigenvalue weighted by Gasteiger charge is -2.18. The molecule has 1 rings (SSSR count). The zero-order chi connectivity index (χ0) is 11.4. The molecule has 0 spiro atoms. The first kappa shape index (κ1) is 12.5. The van der Waals surface area contributed by atoms with Crippen LogP contribution in [0, 0.1) is 18.8 Å². The number of rotatable bonds is 4. The van der Waals surface area contributed by atoms with Crippen LogP contribution in [0.4, 0.5) is 0 Å². The molecule has 15 heavy (non-hydrogen) atoms. The average Bonchev–Trinajstić information content (AvgIpc) is 2.22. The largest absolute Gasteiger partial charge is 0.330 e. The third kappa shape index (κ3) is 3.51. The molecule has 2 unspecified atom stereocenters. The van der Waals surface area contributed by atoms with Gasteiger partial charge in [0.2, 0.25) is 0 Å². The zero-order valence-corrected chi connectivity index (χ0v) is 10.5. The molecular formula is C13H20ClN. The van der Waals surface area contributed by atoms with Crippen molar-refractivity contribution in [3.05, 3.63) is 34.3 Å². The number of nitrogens with two attached hydrogens (primary N) is 1. The molecule has 0 aliphatic rings. The minimum Gasteiger partial charge on any atom is -0.330 e. The van der Waals surface area contributed by atoms with Crippen molar-refractivity contribution in [2.24, 2.45) is 17.6 Å². The standard InChI is InChI=1S/C13H20ClN/c1-9(11(3)8-15)6-12-4-5-13(14)10(2)7-12/h4-5,7,9,11H,6,8,15H2,1-3H3. The van der Waals surface area contributed by atoms with Gasteiger partial charge in [-0.1, -0.05) is 37.6 Å². The molecule has 0 saturated carbocycles. The monoisotopic (exact) mass is 225 g/mol. The van der Waals surface area contributed by atoms with Crippen molar-refractivity contribution < 1.29 is 0 Å². The first-order valence-electron chi connectivity index (χ1n) is 5.49. The molecular weight excluding hydrogens is 206 g/mol. The van der Waals surface area contributed by atoms with Crippen LogP contribution in [0.5, 0.6) is 0 Å². The van der Waals surface area contributed by atoms with E-state index in [4.69, 9.17) is 17.3 Å².